The molecule has 0 aromatic rings. The van der Waals surface area contributed by atoms with E-state index in [0.717, 1.165) is 24.2 Å². The topological polar surface area (TPSA) is 185 Å². The maximum Gasteiger partial charge on any atom is 0.466 e. The van der Waals surface area contributed by atoms with Crippen LogP contribution in [0.3, 0.4) is 0 Å². The van der Waals surface area contributed by atoms with E-state index in [1.54, 1.807) is 0 Å². The predicted octanol–water partition coefficient (Wildman–Crippen LogP) is -0.323. The van der Waals surface area contributed by atoms with Crippen LogP contribution in [0.5, 0.6) is 0 Å². The molecule has 102 valence electrons. The number of phosphoric acid groups is 2. The van der Waals surface area contributed by atoms with Gasteiger partial charge in [-0.25, -0.2) is 14.4 Å². The van der Waals surface area contributed by atoms with Crippen LogP contribution in [0.4, 0.5) is 0 Å². The van der Waals surface area contributed by atoms with E-state index in [1.807, 2.05) is 6.92 Å². The molecule has 16 heavy (non-hydrogen) atoms. The van der Waals surface area contributed by atoms with Crippen LogP contribution in [-0.2, 0) is 13.5 Å². The summed E-state index contributed by atoms with van der Waals surface area (Å²) in [6.07, 6.45) is 1.03. The van der Waals surface area contributed by atoms with Gasteiger partial charge in [-0.2, -0.15) is 4.33 Å². The number of rotatable bonds is 3. The lowest BCUT2D eigenvalue weighted by molar-refractivity contribution is -0.116. The van der Waals surface area contributed by atoms with E-state index >= 15 is 0 Å². The normalized spacial score (nSPS) is 10.8. The molecule has 0 aliphatic heterocycles. The monoisotopic (exact) mass is 304 g/mol. The van der Waals surface area contributed by atoms with Gasteiger partial charge in [0.1, 0.15) is 0 Å². The van der Waals surface area contributed by atoms with Crippen LogP contribution in [0.15, 0.2) is 0 Å². The Morgan fingerprint density at radius 1 is 1.00 bits per heavy atom. The zero-order valence-electron chi connectivity index (χ0n) is 8.07. The Morgan fingerprint density at radius 2 is 1.25 bits per heavy atom. The second kappa shape index (κ2) is 12.0. The molecule has 0 aromatic heterocycles. The van der Waals surface area contributed by atoms with E-state index < -0.39 is 15.6 Å². The summed E-state index contributed by atoms with van der Waals surface area (Å²) in [6, 6.07) is 0. The zero-order chi connectivity index (χ0) is 13.8. The largest absolute Gasteiger partial charge is 0.466 e. The summed E-state index contributed by atoms with van der Waals surface area (Å²) in [4.78, 5) is 43.1. The van der Waals surface area contributed by atoms with Gasteiger partial charge in [0.15, 0.2) is 0 Å². The summed E-state index contributed by atoms with van der Waals surface area (Å²) in [6.45, 7) is 2.02. The maximum atomic E-state index is 8.88. The lowest BCUT2D eigenvalue weighted by Crippen LogP contribution is -1.72. The third-order valence-electron chi connectivity index (χ3n) is 0.340. The first kappa shape index (κ1) is 21.7. The van der Waals surface area contributed by atoms with Crippen molar-refractivity contribution in [2.24, 2.45) is 0 Å². The second-order valence-corrected chi connectivity index (χ2v) is 4.77. The Labute approximate surface area is 95.5 Å². The van der Waals surface area contributed by atoms with Crippen molar-refractivity contribution in [3.05, 3.63) is 0 Å². The fraction of sp³-hybridized carbons (Fsp3) is 1.00. The Kier molecular flexibility index (Phi) is 16.3. The molecule has 0 fully saturated rings. The van der Waals surface area contributed by atoms with Gasteiger partial charge in [-0.05, 0) is 6.42 Å². The highest BCUT2D eigenvalue weighted by molar-refractivity contribution is 7.94. The summed E-state index contributed by atoms with van der Waals surface area (Å²) >= 11 is 1.06. The van der Waals surface area contributed by atoms with Gasteiger partial charge in [0.25, 0.3) is 0 Å². The Morgan fingerprint density at radius 3 is 1.31 bits per heavy atom. The summed E-state index contributed by atoms with van der Waals surface area (Å²) in [5, 5.41) is 7.66. The quantitative estimate of drug-likeness (QED) is 0.119. The Bertz CT molecular complexity index is 180. The molecule has 0 aliphatic rings. The molecular weight excluding hydrogens is 290 g/mol. The second-order valence-electron chi connectivity index (χ2n) is 1.92. The summed E-state index contributed by atoms with van der Waals surface area (Å²) in [5.41, 5.74) is 0. The minimum Gasteiger partial charge on any atom is -0.303 e. The Balaban J connectivity index is -0.000000160. The molecule has 0 saturated carbocycles. The van der Waals surface area contributed by atoms with Crippen LogP contribution in [0.2, 0.25) is 0 Å². The smallest absolute Gasteiger partial charge is 0.303 e. The fourth-order valence-corrected chi connectivity index (χ4v) is 0.362. The average molecular weight is 304 g/mol. The maximum absolute atomic E-state index is 8.88. The highest BCUT2D eigenvalue weighted by Crippen LogP contribution is 2.26. The molecule has 10 nitrogen and oxygen atoms in total. The number of hydrogen-bond donors (Lipinski definition) is 7. The van der Waals surface area contributed by atoms with Gasteiger partial charge in [0.05, 0.1) is 0 Å². The van der Waals surface area contributed by atoms with E-state index in [4.69, 9.17) is 43.7 Å². The molecule has 0 radical (unpaired) electrons. The molecule has 7 N–H and O–H groups in total. The van der Waals surface area contributed by atoms with Crippen LogP contribution < -0.4 is 0 Å². The lowest BCUT2D eigenvalue weighted by Gasteiger charge is -1.85. The van der Waals surface area contributed by atoms with Crippen LogP contribution in [0.25, 0.3) is 0 Å². The molecule has 0 bridgehead atoms. The van der Waals surface area contributed by atoms with Crippen LogP contribution in [-0.4, -0.2) is 40.4 Å². The SMILES string of the molecule is CCCSOO.O=P(O)(O)O.O=P(O)(O)O. The Hall–Kier alpha value is 0.490. The van der Waals surface area contributed by atoms with Gasteiger partial charge in [0, 0.05) is 17.8 Å². The zero-order valence-corrected chi connectivity index (χ0v) is 10.7. The standard InChI is InChI=1S/C3H8O2S.2H3O4P/c1-2-3-6-5-4;2*1-5(2,3)4/h4H,2-3H2,1H3;2*(H3,1,2,3,4). The van der Waals surface area contributed by atoms with Gasteiger partial charge >= 0.3 is 15.6 Å². The fourth-order valence-electron chi connectivity index (χ4n) is 0.121. The van der Waals surface area contributed by atoms with Crippen molar-refractivity contribution < 1.29 is 48.1 Å². The highest BCUT2D eigenvalue weighted by Gasteiger charge is 2.00. The predicted molar refractivity (Wildman–Crippen MR) is 55.0 cm³/mol. The van der Waals surface area contributed by atoms with Crippen molar-refractivity contribution in [2.45, 2.75) is 13.3 Å². The van der Waals surface area contributed by atoms with Gasteiger partial charge < -0.3 is 29.4 Å². The third kappa shape index (κ3) is 216. The summed E-state index contributed by atoms with van der Waals surface area (Å²) in [7, 11) is -9.28. The molecule has 0 unspecified atom stereocenters. The van der Waals surface area contributed by atoms with E-state index in [1.165, 1.54) is 0 Å². The van der Waals surface area contributed by atoms with Crippen LogP contribution in [0, 0.1) is 0 Å². The van der Waals surface area contributed by atoms with E-state index in [0.29, 0.717) is 0 Å². The minimum atomic E-state index is -4.64. The average Bonchev–Trinajstić information content (AvgIpc) is 1.94. The first-order valence-corrected chi connectivity index (χ1v) is 7.45. The molecular formula is C3H14O10P2S. The minimum absolute atomic E-state index is 0.858. The first-order valence-electron chi connectivity index (χ1n) is 3.41. The van der Waals surface area contributed by atoms with Crippen molar-refractivity contribution in [3.63, 3.8) is 0 Å². The van der Waals surface area contributed by atoms with Crippen molar-refractivity contribution in [1.29, 1.82) is 0 Å². The van der Waals surface area contributed by atoms with E-state index in [2.05, 4.69) is 4.33 Å². The molecule has 0 saturated heterocycles. The molecule has 0 aliphatic carbocycles. The molecule has 13 heteroatoms. The number of hydrogen-bond acceptors (Lipinski definition) is 5. The van der Waals surface area contributed by atoms with Crippen molar-refractivity contribution in [2.75, 3.05) is 5.75 Å². The van der Waals surface area contributed by atoms with E-state index in [9.17, 15) is 0 Å². The van der Waals surface area contributed by atoms with Crippen molar-refractivity contribution in [1.82, 2.24) is 0 Å². The van der Waals surface area contributed by atoms with Gasteiger partial charge in [0.2, 0.25) is 0 Å². The third-order valence-corrected chi connectivity index (χ3v) is 1.02. The lowest BCUT2D eigenvalue weighted by atomic mass is 10.6. The summed E-state index contributed by atoms with van der Waals surface area (Å²) in [5.74, 6) is 0.858. The summed E-state index contributed by atoms with van der Waals surface area (Å²) < 4.78 is 21.5. The molecule has 0 amide bonds. The van der Waals surface area contributed by atoms with Gasteiger partial charge in [-0.1, -0.05) is 6.92 Å². The van der Waals surface area contributed by atoms with Gasteiger partial charge in [-0.15, -0.1) is 0 Å². The highest BCUT2D eigenvalue weighted by atomic mass is 32.2. The van der Waals surface area contributed by atoms with Gasteiger partial charge in [-0.3, -0.25) is 0 Å². The van der Waals surface area contributed by atoms with Crippen molar-refractivity contribution >= 4 is 27.7 Å². The van der Waals surface area contributed by atoms with Crippen LogP contribution >= 0.6 is 27.7 Å². The van der Waals surface area contributed by atoms with Crippen molar-refractivity contribution in [3.8, 4) is 0 Å². The molecule has 0 heterocycles. The first-order chi connectivity index (χ1) is 6.91. The molecule has 0 aromatic carbocycles. The van der Waals surface area contributed by atoms with Crippen LogP contribution in [0.1, 0.15) is 13.3 Å². The molecule has 0 spiro atoms. The molecule has 0 rings (SSSR count). The molecule has 0 atom stereocenters. The van der Waals surface area contributed by atoms with E-state index in [-0.39, 0.29) is 0 Å².